The van der Waals surface area contributed by atoms with E-state index in [0.717, 1.165) is 57.0 Å². The molecular weight excluding hydrogens is 312 g/mol. The van der Waals surface area contributed by atoms with Crippen LogP contribution in [0.25, 0.3) is 0 Å². The van der Waals surface area contributed by atoms with Gasteiger partial charge >= 0.3 is 0 Å². The van der Waals surface area contributed by atoms with Gasteiger partial charge < -0.3 is 15.3 Å². The number of aliphatic hydroxyl groups is 1. The van der Waals surface area contributed by atoms with Gasteiger partial charge in [-0.25, -0.2) is 9.97 Å². The third-order valence-electron chi connectivity index (χ3n) is 4.90. The number of piperidine rings is 1. The average Bonchev–Trinajstić information content (AvgIpc) is 2.69. The highest BCUT2D eigenvalue weighted by molar-refractivity contribution is 5.48. The Kier molecular flexibility index (Phi) is 6.23. The zero-order valence-corrected chi connectivity index (χ0v) is 15.0. The lowest BCUT2D eigenvalue weighted by Crippen LogP contribution is -2.37. The largest absolute Gasteiger partial charge is 0.396 e. The summed E-state index contributed by atoms with van der Waals surface area (Å²) in [6, 6.07) is 10.8. The summed E-state index contributed by atoms with van der Waals surface area (Å²) in [5.74, 6) is 2.16. The molecule has 1 unspecified atom stereocenters. The Balaban J connectivity index is 1.54. The fourth-order valence-corrected chi connectivity index (χ4v) is 3.32. The molecule has 0 saturated carbocycles. The third-order valence-corrected chi connectivity index (χ3v) is 4.90. The van der Waals surface area contributed by atoms with Crippen LogP contribution >= 0.6 is 0 Å². The van der Waals surface area contributed by atoms with E-state index in [0.29, 0.717) is 5.92 Å². The molecule has 0 spiro atoms. The maximum Gasteiger partial charge on any atom is 0.134 e. The first-order chi connectivity index (χ1) is 12.3. The first-order valence-corrected chi connectivity index (χ1v) is 9.28. The van der Waals surface area contributed by atoms with E-state index in [1.165, 1.54) is 11.1 Å². The van der Waals surface area contributed by atoms with Crippen LogP contribution < -0.4 is 10.2 Å². The Labute approximate surface area is 150 Å². The van der Waals surface area contributed by atoms with E-state index in [9.17, 15) is 5.11 Å². The molecule has 0 amide bonds. The molecule has 5 nitrogen and oxygen atoms in total. The third kappa shape index (κ3) is 4.92. The maximum atomic E-state index is 9.40. The highest BCUT2D eigenvalue weighted by atomic mass is 16.3. The molecule has 2 aromatic rings. The van der Waals surface area contributed by atoms with Crippen LogP contribution in [0.2, 0.25) is 0 Å². The van der Waals surface area contributed by atoms with Crippen LogP contribution in [-0.4, -0.2) is 41.3 Å². The van der Waals surface area contributed by atoms with Crippen LogP contribution in [0.1, 0.15) is 30.9 Å². The molecule has 0 bridgehead atoms. The smallest absolute Gasteiger partial charge is 0.134 e. The van der Waals surface area contributed by atoms with Gasteiger partial charge in [0, 0.05) is 32.3 Å². The molecule has 1 aromatic carbocycles. The summed E-state index contributed by atoms with van der Waals surface area (Å²) in [6.07, 6.45) is 5.87. The SMILES string of the molecule is CCc1ccc(CCNc2cc(N3CCCC(CO)C3)ncn2)cc1. The molecule has 0 aliphatic carbocycles. The van der Waals surface area contributed by atoms with Crippen molar-refractivity contribution in [3.8, 4) is 0 Å². The van der Waals surface area contributed by atoms with Crippen molar-refractivity contribution in [2.45, 2.75) is 32.6 Å². The summed E-state index contributed by atoms with van der Waals surface area (Å²) in [7, 11) is 0. The Bertz CT molecular complexity index is 659. The summed E-state index contributed by atoms with van der Waals surface area (Å²) in [5, 5.41) is 12.8. The van der Waals surface area contributed by atoms with E-state index in [1.807, 2.05) is 6.07 Å². The van der Waals surface area contributed by atoms with Crippen LogP contribution in [0.4, 0.5) is 11.6 Å². The molecule has 1 aliphatic rings. The summed E-state index contributed by atoms with van der Waals surface area (Å²) in [4.78, 5) is 11.0. The van der Waals surface area contributed by atoms with Crippen LogP contribution in [0.5, 0.6) is 0 Å². The maximum absolute atomic E-state index is 9.40. The van der Waals surface area contributed by atoms with Gasteiger partial charge in [-0.3, -0.25) is 0 Å². The van der Waals surface area contributed by atoms with Gasteiger partial charge in [0.25, 0.3) is 0 Å². The summed E-state index contributed by atoms with van der Waals surface area (Å²) >= 11 is 0. The summed E-state index contributed by atoms with van der Waals surface area (Å²) in [5.41, 5.74) is 2.71. The molecule has 5 heteroatoms. The number of hydrogen-bond donors (Lipinski definition) is 2. The minimum absolute atomic E-state index is 0.253. The van der Waals surface area contributed by atoms with Gasteiger partial charge in [0.1, 0.15) is 18.0 Å². The Morgan fingerprint density at radius 2 is 2.00 bits per heavy atom. The number of rotatable bonds is 7. The minimum atomic E-state index is 0.253. The summed E-state index contributed by atoms with van der Waals surface area (Å²) < 4.78 is 0. The molecule has 3 rings (SSSR count). The second-order valence-corrected chi connectivity index (χ2v) is 6.75. The molecule has 25 heavy (non-hydrogen) atoms. The van der Waals surface area contributed by atoms with Crippen LogP contribution in [-0.2, 0) is 12.8 Å². The Hall–Kier alpha value is -2.14. The zero-order chi connectivity index (χ0) is 17.5. The molecule has 1 aromatic heterocycles. The average molecular weight is 340 g/mol. The van der Waals surface area contributed by atoms with Crippen molar-refractivity contribution in [3.63, 3.8) is 0 Å². The Morgan fingerprint density at radius 3 is 2.76 bits per heavy atom. The molecule has 1 aliphatic heterocycles. The lowest BCUT2D eigenvalue weighted by Gasteiger charge is -2.32. The number of aryl methyl sites for hydroxylation is 1. The molecule has 1 atom stereocenters. The lowest BCUT2D eigenvalue weighted by molar-refractivity contribution is 0.208. The number of nitrogens with one attached hydrogen (secondary N) is 1. The fourth-order valence-electron chi connectivity index (χ4n) is 3.32. The minimum Gasteiger partial charge on any atom is -0.396 e. The highest BCUT2D eigenvalue weighted by Gasteiger charge is 2.20. The number of nitrogens with zero attached hydrogens (tertiary/aromatic N) is 3. The molecule has 1 fully saturated rings. The number of benzene rings is 1. The van der Waals surface area contributed by atoms with E-state index >= 15 is 0 Å². The lowest BCUT2D eigenvalue weighted by atomic mass is 9.99. The van der Waals surface area contributed by atoms with Gasteiger partial charge in [0.2, 0.25) is 0 Å². The molecule has 0 radical (unpaired) electrons. The monoisotopic (exact) mass is 340 g/mol. The second kappa shape index (κ2) is 8.81. The van der Waals surface area contributed by atoms with Crippen molar-refractivity contribution in [1.29, 1.82) is 0 Å². The molecule has 2 N–H and O–H groups in total. The number of aromatic nitrogens is 2. The van der Waals surface area contributed by atoms with Crippen LogP contribution in [0.3, 0.4) is 0 Å². The van der Waals surface area contributed by atoms with Crippen molar-refractivity contribution in [1.82, 2.24) is 9.97 Å². The van der Waals surface area contributed by atoms with Gasteiger partial charge in [-0.2, -0.15) is 0 Å². The van der Waals surface area contributed by atoms with E-state index in [2.05, 4.69) is 51.4 Å². The van der Waals surface area contributed by atoms with Crippen molar-refractivity contribution in [3.05, 3.63) is 47.8 Å². The highest BCUT2D eigenvalue weighted by Crippen LogP contribution is 2.22. The second-order valence-electron chi connectivity index (χ2n) is 6.75. The molecule has 2 heterocycles. The van der Waals surface area contributed by atoms with Crippen molar-refractivity contribution in [2.24, 2.45) is 5.92 Å². The normalized spacial score (nSPS) is 17.5. The molecule has 134 valence electrons. The topological polar surface area (TPSA) is 61.3 Å². The van der Waals surface area contributed by atoms with Gasteiger partial charge in [0.05, 0.1) is 0 Å². The Morgan fingerprint density at radius 1 is 1.20 bits per heavy atom. The molecule has 1 saturated heterocycles. The van der Waals surface area contributed by atoms with Gasteiger partial charge in [-0.05, 0) is 42.7 Å². The van der Waals surface area contributed by atoms with Gasteiger partial charge in [0.15, 0.2) is 0 Å². The quantitative estimate of drug-likeness (QED) is 0.811. The van der Waals surface area contributed by atoms with E-state index in [-0.39, 0.29) is 6.61 Å². The van der Waals surface area contributed by atoms with E-state index in [4.69, 9.17) is 0 Å². The van der Waals surface area contributed by atoms with Crippen molar-refractivity contribution >= 4 is 11.6 Å². The van der Waals surface area contributed by atoms with Crippen molar-refractivity contribution in [2.75, 3.05) is 36.5 Å². The number of aliphatic hydroxyl groups excluding tert-OH is 1. The first kappa shape index (κ1) is 17.7. The zero-order valence-electron chi connectivity index (χ0n) is 15.0. The van der Waals surface area contributed by atoms with E-state index in [1.54, 1.807) is 6.33 Å². The predicted octanol–water partition coefficient (Wildman–Crippen LogP) is 2.90. The first-order valence-electron chi connectivity index (χ1n) is 9.28. The van der Waals surface area contributed by atoms with Crippen molar-refractivity contribution < 1.29 is 5.11 Å². The predicted molar refractivity (Wildman–Crippen MR) is 102 cm³/mol. The number of hydrogen-bond acceptors (Lipinski definition) is 5. The van der Waals surface area contributed by atoms with Crippen LogP contribution in [0.15, 0.2) is 36.7 Å². The fraction of sp³-hybridized carbons (Fsp3) is 0.500. The van der Waals surface area contributed by atoms with Gasteiger partial charge in [-0.1, -0.05) is 31.2 Å². The standard InChI is InChI=1S/C20H28N4O/c1-2-16-5-7-17(8-6-16)9-10-21-19-12-20(23-15-22-19)24-11-3-4-18(13-24)14-25/h5-8,12,15,18,25H,2-4,9-11,13-14H2,1H3,(H,21,22,23). The van der Waals surface area contributed by atoms with Gasteiger partial charge in [-0.15, -0.1) is 0 Å². The summed E-state index contributed by atoms with van der Waals surface area (Å²) in [6.45, 7) is 5.15. The van der Waals surface area contributed by atoms with E-state index < -0.39 is 0 Å². The van der Waals surface area contributed by atoms with Crippen LogP contribution in [0, 0.1) is 5.92 Å². The number of anilines is 2. The molecular formula is C20H28N4O.